The smallest absolute Gasteiger partial charge is 0.224 e. The summed E-state index contributed by atoms with van der Waals surface area (Å²) in [6.07, 6.45) is 1.75. The molecule has 1 fully saturated rings. The Hall–Kier alpha value is -1.49. The van der Waals surface area contributed by atoms with Crippen molar-refractivity contribution >= 4 is 28.9 Å². The second-order valence-electron chi connectivity index (χ2n) is 4.72. The van der Waals surface area contributed by atoms with Crippen LogP contribution in [0, 0.1) is 11.7 Å². The van der Waals surface area contributed by atoms with Gasteiger partial charge in [0.05, 0.1) is 22.3 Å². The number of amides is 1. The molecule has 0 aliphatic carbocycles. The van der Waals surface area contributed by atoms with Crippen LogP contribution in [0.4, 0.5) is 15.8 Å². The molecule has 1 aromatic carbocycles. The van der Waals surface area contributed by atoms with E-state index in [0.717, 1.165) is 19.4 Å². The molecular weight excluding hydrogens is 269 g/mol. The third-order valence-electron chi connectivity index (χ3n) is 3.45. The summed E-state index contributed by atoms with van der Waals surface area (Å²) in [5, 5.41) is 2.71. The van der Waals surface area contributed by atoms with E-state index in [2.05, 4.69) is 5.32 Å². The first-order chi connectivity index (χ1) is 9.02. The third-order valence-corrected chi connectivity index (χ3v) is 3.74. The molecule has 1 saturated heterocycles. The Morgan fingerprint density at radius 1 is 1.58 bits per heavy atom. The molecule has 0 bridgehead atoms. The maximum Gasteiger partial charge on any atom is 0.224 e. The molecule has 2 rings (SSSR count). The number of hydrogen-bond acceptors (Lipinski definition) is 3. The molecule has 3 N–H and O–H groups in total. The number of nitrogen functional groups attached to an aromatic ring is 1. The standard InChI is InChI=1S/C13H17ClFN3O/c1-17-13(19)8-3-2-4-18(7-8)12-5-9(14)10(15)6-11(12)16/h5-6,8H,2-4,7,16H2,1H3,(H,17,19). The third kappa shape index (κ3) is 2.92. The molecule has 0 saturated carbocycles. The van der Waals surface area contributed by atoms with E-state index in [1.807, 2.05) is 4.90 Å². The van der Waals surface area contributed by atoms with Crippen molar-refractivity contribution < 1.29 is 9.18 Å². The molecule has 104 valence electrons. The Labute approximate surface area is 116 Å². The SMILES string of the molecule is CNC(=O)C1CCCN(c2cc(Cl)c(F)cc2N)C1. The summed E-state index contributed by atoms with van der Waals surface area (Å²) >= 11 is 5.79. The molecular formula is C13H17ClFN3O. The molecule has 1 aromatic rings. The summed E-state index contributed by atoms with van der Waals surface area (Å²) in [6.45, 7) is 1.37. The van der Waals surface area contributed by atoms with Gasteiger partial charge in [-0.05, 0) is 18.9 Å². The molecule has 1 amide bonds. The van der Waals surface area contributed by atoms with Gasteiger partial charge in [-0.3, -0.25) is 4.79 Å². The molecule has 1 heterocycles. The second kappa shape index (κ2) is 5.65. The summed E-state index contributed by atoms with van der Waals surface area (Å²) in [5.74, 6) is -0.568. The number of hydrogen-bond donors (Lipinski definition) is 2. The lowest BCUT2D eigenvalue weighted by molar-refractivity contribution is -0.124. The Balaban J connectivity index is 2.22. The van der Waals surface area contributed by atoms with Crippen molar-refractivity contribution in [1.82, 2.24) is 5.32 Å². The molecule has 1 unspecified atom stereocenters. The number of rotatable bonds is 2. The zero-order valence-electron chi connectivity index (χ0n) is 10.7. The predicted molar refractivity (Wildman–Crippen MR) is 74.8 cm³/mol. The number of anilines is 2. The molecule has 4 nitrogen and oxygen atoms in total. The molecule has 0 spiro atoms. The number of nitrogens with two attached hydrogens (primary N) is 1. The van der Waals surface area contributed by atoms with Crippen molar-refractivity contribution in [2.24, 2.45) is 5.92 Å². The first kappa shape index (κ1) is 13.9. The van der Waals surface area contributed by atoms with Gasteiger partial charge in [0.25, 0.3) is 0 Å². The van der Waals surface area contributed by atoms with Gasteiger partial charge in [0.2, 0.25) is 5.91 Å². The van der Waals surface area contributed by atoms with Crippen molar-refractivity contribution in [2.75, 3.05) is 30.8 Å². The molecule has 19 heavy (non-hydrogen) atoms. The van der Waals surface area contributed by atoms with Crippen LogP contribution in [-0.4, -0.2) is 26.0 Å². The fraction of sp³-hybridized carbons (Fsp3) is 0.462. The highest BCUT2D eigenvalue weighted by Gasteiger charge is 2.26. The molecule has 1 aliphatic rings. The Morgan fingerprint density at radius 3 is 3.00 bits per heavy atom. The lowest BCUT2D eigenvalue weighted by Gasteiger charge is -2.34. The average molecular weight is 286 g/mol. The van der Waals surface area contributed by atoms with Gasteiger partial charge in [-0.1, -0.05) is 11.6 Å². The lowest BCUT2D eigenvalue weighted by atomic mass is 9.96. The average Bonchev–Trinajstić information content (AvgIpc) is 2.42. The van der Waals surface area contributed by atoms with Crippen LogP contribution in [0.3, 0.4) is 0 Å². The van der Waals surface area contributed by atoms with Gasteiger partial charge in [0.15, 0.2) is 0 Å². The summed E-state index contributed by atoms with van der Waals surface area (Å²) in [4.78, 5) is 13.7. The van der Waals surface area contributed by atoms with E-state index >= 15 is 0 Å². The van der Waals surface area contributed by atoms with E-state index in [-0.39, 0.29) is 16.8 Å². The van der Waals surface area contributed by atoms with Crippen LogP contribution in [0.15, 0.2) is 12.1 Å². The van der Waals surface area contributed by atoms with Gasteiger partial charge in [-0.15, -0.1) is 0 Å². The minimum Gasteiger partial charge on any atom is -0.397 e. The van der Waals surface area contributed by atoms with E-state index in [1.165, 1.54) is 12.1 Å². The number of carbonyl (C=O) groups is 1. The number of carbonyl (C=O) groups excluding carboxylic acids is 1. The van der Waals surface area contributed by atoms with Crippen LogP contribution < -0.4 is 16.0 Å². The number of halogens is 2. The van der Waals surface area contributed by atoms with E-state index in [0.29, 0.717) is 17.9 Å². The highest BCUT2D eigenvalue weighted by atomic mass is 35.5. The Bertz CT molecular complexity index is 495. The summed E-state index contributed by atoms with van der Waals surface area (Å²) < 4.78 is 13.3. The van der Waals surface area contributed by atoms with Crippen molar-refractivity contribution in [3.63, 3.8) is 0 Å². The number of nitrogens with one attached hydrogen (secondary N) is 1. The molecule has 1 aliphatic heterocycles. The topological polar surface area (TPSA) is 58.4 Å². The van der Waals surface area contributed by atoms with Crippen LogP contribution in [0.2, 0.25) is 5.02 Å². The zero-order valence-corrected chi connectivity index (χ0v) is 11.5. The predicted octanol–water partition coefficient (Wildman–Crippen LogP) is 2.02. The maximum atomic E-state index is 13.3. The van der Waals surface area contributed by atoms with E-state index < -0.39 is 5.82 Å². The van der Waals surface area contributed by atoms with Crippen LogP contribution >= 0.6 is 11.6 Å². The minimum absolute atomic E-state index is 0.0245. The fourth-order valence-electron chi connectivity index (χ4n) is 2.44. The summed E-state index contributed by atoms with van der Waals surface area (Å²) in [6, 6.07) is 2.75. The monoisotopic (exact) mass is 285 g/mol. The summed E-state index contributed by atoms with van der Waals surface area (Å²) in [5.41, 5.74) is 6.88. The normalized spacial score (nSPS) is 19.3. The van der Waals surface area contributed by atoms with Crippen LogP contribution in [0.1, 0.15) is 12.8 Å². The maximum absolute atomic E-state index is 13.3. The summed E-state index contributed by atoms with van der Waals surface area (Å²) in [7, 11) is 1.63. The van der Waals surface area contributed by atoms with Gasteiger partial charge >= 0.3 is 0 Å². The van der Waals surface area contributed by atoms with Crippen molar-refractivity contribution in [3.05, 3.63) is 23.0 Å². The second-order valence-corrected chi connectivity index (χ2v) is 5.13. The molecule has 0 aromatic heterocycles. The van der Waals surface area contributed by atoms with E-state index in [1.54, 1.807) is 7.05 Å². The van der Waals surface area contributed by atoms with Crippen LogP contribution in [-0.2, 0) is 4.79 Å². The van der Waals surface area contributed by atoms with Crippen molar-refractivity contribution in [3.8, 4) is 0 Å². The van der Waals surface area contributed by atoms with Crippen LogP contribution in [0.25, 0.3) is 0 Å². The van der Waals surface area contributed by atoms with Crippen molar-refractivity contribution in [2.45, 2.75) is 12.8 Å². The van der Waals surface area contributed by atoms with Gasteiger partial charge in [0, 0.05) is 26.2 Å². The van der Waals surface area contributed by atoms with Gasteiger partial charge in [-0.2, -0.15) is 0 Å². The fourth-order valence-corrected chi connectivity index (χ4v) is 2.60. The first-order valence-corrected chi connectivity index (χ1v) is 6.61. The first-order valence-electron chi connectivity index (χ1n) is 6.24. The van der Waals surface area contributed by atoms with Crippen molar-refractivity contribution in [1.29, 1.82) is 0 Å². The zero-order chi connectivity index (χ0) is 14.0. The van der Waals surface area contributed by atoms with E-state index in [4.69, 9.17) is 17.3 Å². The highest BCUT2D eigenvalue weighted by molar-refractivity contribution is 6.31. The largest absolute Gasteiger partial charge is 0.397 e. The van der Waals surface area contributed by atoms with Gasteiger partial charge < -0.3 is 16.0 Å². The quantitative estimate of drug-likeness (QED) is 0.818. The minimum atomic E-state index is -0.525. The van der Waals surface area contributed by atoms with Gasteiger partial charge in [-0.25, -0.2) is 4.39 Å². The molecule has 1 atom stereocenters. The molecule has 6 heteroatoms. The Kier molecular flexibility index (Phi) is 4.14. The Morgan fingerprint density at radius 2 is 2.32 bits per heavy atom. The number of benzene rings is 1. The van der Waals surface area contributed by atoms with E-state index in [9.17, 15) is 9.18 Å². The molecule has 0 radical (unpaired) electrons. The van der Waals surface area contributed by atoms with Crippen LogP contribution in [0.5, 0.6) is 0 Å². The lowest BCUT2D eigenvalue weighted by Crippen LogP contribution is -2.42. The highest BCUT2D eigenvalue weighted by Crippen LogP contribution is 2.32. The number of piperidine rings is 1. The van der Waals surface area contributed by atoms with Gasteiger partial charge in [0.1, 0.15) is 5.82 Å². The number of nitrogens with zero attached hydrogens (tertiary/aromatic N) is 1.